The van der Waals surface area contributed by atoms with Crippen LogP contribution in [-0.4, -0.2) is 25.1 Å². The molecule has 0 atom stereocenters. The number of benzene rings is 3. The van der Waals surface area contributed by atoms with E-state index >= 15 is 0 Å². The molecule has 0 aliphatic heterocycles. The predicted molar refractivity (Wildman–Crippen MR) is 133 cm³/mol. The van der Waals surface area contributed by atoms with Crippen LogP contribution in [0.1, 0.15) is 11.4 Å². The van der Waals surface area contributed by atoms with Crippen molar-refractivity contribution in [3.05, 3.63) is 112 Å². The van der Waals surface area contributed by atoms with Gasteiger partial charge in [0, 0.05) is 11.4 Å². The molecule has 3 aromatic carbocycles. The average Bonchev–Trinajstić information content (AvgIpc) is 3.38. The summed E-state index contributed by atoms with van der Waals surface area (Å²) < 4.78 is 4.79. The Kier molecular flexibility index (Phi) is 6.00. The highest BCUT2D eigenvalue weighted by atomic mass is 32.2. The molecule has 0 spiro atoms. The van der Waals surface area contributed by atoms with Gasteiger partial charge in [-0.05, 0) is 29.8 Å². The molecule has 158 valence electrons. The van der Waals surface area contributed by atoms with Crippen LogP contribution in [0, 0.1) is 0 Å². The van der Waals surface area contributed by atoms with E-state index in [-0.39, 0.29) is 4.87 Å². The van der Waals surface area contributed by atoms with Gasteiger partial charge in [0.15, 0.2) is 11.0 Å². The van der Waals surface area contributed by atoms with Crippen molar-refractivity contribution in [2.45, 2.75) is 11.7 Å². The van der Waals surface area contributed by atoms with Crippen molar-refractivity contribution in [2.75, 3.05) is 5.75 Å². The molecule has 2 heterocycles. The van der Waals surface area contributed by atoms with Gasteiger partial charge >= 0.3 is 4.87 Å². The Labute approximate surface area is 193 Å². The molecule has 5 rings (SSSR count). The molecule has 7 heteroatoms. The molecule has 5 aromatic rings. The van der Waals surface area contributed by atoms with Gasteiger partial charge in [0.1, 0.15) is 0 Å². The summed E-state index contributed by atoms with van der Waals surface area (Å²) in [6.07, 6.45) is 4.23. The van der Waals surface area contributed by atoms with E-state index in [1.807, 2.05) is 77.4 Å². The summed E-state index contributed by atoms with van der Waals surface area (Å²) in [5.41, 5.74) is 3.07. The number of nitrogens with zero attached hydrogens (tertiary/aromatic N) is 4. The molecule has 0 N–H and O–H groups in total. The zero-order valence-electron chi connectivity index (χ0n) is 17.2. The van der Waals surface area contributed by atoms with Crippen LogP contribution in [-0.2, 0) is 6.54 Å². The van der Waals surface area contributed by atoms with Gasteiger partial charge in [-0.25, -0.2) is 0 Å². The van der Waals surface area contributed by atoms with E-state index in [4.69, 9.17) is 0 Å². The number of thiazole rings is 1. The Hall–Kier alpha value is -3.42. The lowest BCUT2D eigenvalue weighted by atomic mass is 10.2. The zero-order chi connectivity index (χ0) is 21.8. The lowest BCUT2D eigenvalue weighted by Gasteiger charge is -2.10. The highest BCUT2D eigenvalue weighted by Gasteiger charge is 2.17. The maximum Gasteiger partial charge on any atom is 0.308 e. The Morgan fingerprint density at radius 3 is 2.41 bits per heavy atom. The standard InChI is InChI=1S/C25H20N4OS2/c30-25-28(21-15-7-8-16-22(21)32-25)18-23-26-27-24(29(23)20-13-5-2-6-14-20)31-17-9-12-19-10-3-1-4-11-19/h1-16H,17-18H2/b12-9+. The van der Waals surface area contributed by atoms with Crippen molar-refractivity contribution in [3.8, 4) is 5.69 Å². The third kappa shape index (κ3) is 4.30. The van der Waals surface area contributed by atoms with Crippen molar-refractivity contribution in [2.24, 2.45) is 0 Å². The van der Waals surface area contributed by atoms with Gasteiger partial charge in [0.25, 0.3) is 0 Å². The van der Waals surface area contributed by atoms with Crippen molar-refractivity contribution >= 4 is 39.4 Å². The molecule has 0 radical (unpaired) electrons. The molecule has 32 heavy (non-hydrogen) atoms. The molecule has 0 bridgehead atoms. The number of thioether (sulfide) groups is 1. The summed E-state index contributed by atoms with van der Waals surface area (Å²) in [6.45, 7) is 0.366. The number of aromatic nitrogens is 4. The summed E-state index contributed by atoms with van der Waals surface area (Å²) in [5.74, 6) is 1.50. The van der Waals surface area contributed by atoms with Gasteiger partial charge in [-0.1, -0.05) is 95.9 Å². The molecule has 0 fully saturated rings. The molecule has 5 nitrogen and oxygen atoms in total. The highest BCUT2D eigenvalue weighted by molar-refractivity contribution is 7.99. The first kappa shape index (κ1) is 20.5. The van der Waals surface area contributed by atoms with Crippen molar-refractivity contribution in [3.63, 3.8) is 0 Å². The lowest BCUT2D eigenvalue weighted by Crippen LogP contribution is -2.16. The number of para-hydroxylation sites is 2. The van der Waals surface area contributed by atoms with Crippen LogP contribution in [0.25, 0.3) is 22.0 Å². The van der Waals surface area contributed by atoms with Crippen molar-refractivity contribution in [1.82, 2.24) is 19.3 Å². The molecule has 0 aliphatic carbocycles. The van der Waals surface area contributed by atoms with Gasteiger partial charge in [-0.2, -0.15) is 0 Å². The topological polar surface area (TPSA) is 52.7 Å². The van der Waals surface area contributed by atoms with Crippen LogP contribution in [0.5, 0.6) is 0 Å². The average molecular weight is 457 g/mol. The summed E-state index contributed by atoms with van der Waals surface area (Å²) in [6, 6.07) is 28.1. The Balaban J connectivity index is 1.45. The second-order valence-electron chi connectivity index (χ2n) is 7.12. The third-order valence-electron chi connectivity index (χ3n) is 5.01. The number of fused-ring (bicyclic) bond motifs is 1. The maximum absolute atomic E-state index is 12.7. The monoisotopic (exact) mass is 456 g/mol. The van der Waals surface area contributed by atoms with E-state index in [1.165, 1.54) is 16.9 Å². The van der Waals surface area contributed by atoms with Gasteiger partial charge in [-0.15, -0.1) is 10.2 Å². The fraction of sp³-hybridized carbons (Fsp3) is 0.0800. The minimum atomic E-state index is 0.00816. The summed E-state index contributed by atoms with van der Waals surface area (Å²) in [4.78, 5) is 12.7. The van der Waals surface area contributed by atoms with E-state index < -0.39 is 0 Å². The van der Waals surface area contributed by atoms with Gasteiger partial charge in [0.2, 0.25) is 0 Å². The molecular weight excluding hydrogens is 436 g/mol. The molecule has 0 amide bonds. The van der Waals surface area contributed by atoms with Crippen molar-refractivity contribution < 1.29 is 0 Å². The molecular formula is C25H20N4OS2. The van der Waals surface area contributed by atoms with Crippen LogP contribution in [0.4, 0.5) is 0 Å². The highest BCUT2D eigenvalue weighted by Crippen LogP contribution is 2.24. The largest absolute Gasteiger partial charge is 0.308 e. The predicted octanol–water partition coefficient (Wildman–Crippen LogP) is 5.50. The van der Waals surface area contributed by atoms with Crippen LogP contribution >= 0.6 is 23.1 Å². The number of hydrogen-bond donors (Lipinski definition) is 0. The fourth-order valence-corrected chi connectivity index (χ4v) is 5.18. The molecule has 0 aliphatic rings. The van der Waals surface area contributed by atoms with Crippen LogP contribution in [0.2, 0.25) is 0 Å². The van der Waals surface area contributed by atoms with Gasteiger partial charge in [0.05, 0.1) is 16.8 Å². The van der Waals surface area contributed by atoms with Crippen molar-refractivity contribution in [1.29, 1.82) is 0 Å². The Bertz CT molecular complexity index is 1420. The van der Waals surface area contributed by atoms with E-state index in [1.54, 1.807) is 16.3 Å². The van der Waals surface area contributed by atoms with E-state index in [9.17, 15) is 4.79 Å². The summed E-state index contributed by atoms with van der Waals surface area (Å²) in [5, 5.41) is 9.72. The second-order valence-corrected chi connectivity index (χ2v) is 9.10. The fourth-order valence-electron chi connectivity index (χ4n) is 3.51. The smallest absolute Gasteiger partial charge is 0.291 e. The first-order chi connectivity index (χ1) is 15.8. The molecule has 0 saturated carbocycles. The van der Waals surface area contributed by atoms with Crippen LogP contribution < -0.4 is 4.87 Å². The van der Waals surface area contributed by atoms with E-state index in [2.05, 4.69) is 34.5 Å². The quantitative estimate of drug-likeness (QED) is 0.304. The Morgan fingerprint density at radius 2 is 1.59 bits per heavy atom. The van der Waals surface area contributed by atoms with E-state index in [0.717, 1.165) is 32.6 Å². The summed E-state index contributed by atoms with van der Waals surface area (Å²) in [7, 11) is 0. The van der Waals surface area contributed by atoms with Gasteiger partial charge in [-0.3, -0.25) is 13.9 Å². The maximum atomic E-state index is 12.7. The van der Waals surface area contributed by atoms with Crippen LogP contribution in [0.3, 0.4) is 0 Å². The minimum absolute atomic E-state index is 0.00816. The normalized spacial score (nSPS) is 11.5. The molecule has 0 saturated heterocycles. The van der Waals surface area contributed by atoms with Crippen LogP contribution in [0.15, 0.2) is 101 Å². The SMILES string of the molecule is O=c1sc2ccccc2n1Cc1nnc(SC/C=C/c2ccccc2)n1-c1ccccc1. The first-order valence-corrected chi connectivity index (χ1v) is 12.0. The molecule has 0 unspecified atom stereocenters. The first-order valence-electron chi connectivity index (χ1n) is 10.2. The number of rotatable bonds is 7. The number of hydrogen-bond acceptors (Lipinski definition) is 5. The molecule has 2 aromatic heterocycles. The third-order valence-corrected chi connectivity index (χ3v) is 6.85. The second kappa shape index (κ2) is 9.38. The van der Waals surface area contributed by atoms with E-state index in [0.29, 0.717) is 6.54 Å². The minimum Gasteiger partial charge on any atom is -0.291 e. The zero-order valence-corrected chi connectivity index (χ0v) is 18.8. The lowest BCUT2D eigenvalue weighted by molar-refractivity contribution is 0.726. The van der Waals surface area contributed by atoms with Gasteiger partial charge < -0.3 is 0 Å². The summed E-state index contributed by atoms with van der Waals surface area (Å²) >= 11 is 2.88. The Morgan fingerprint density at radius 1 is 0.875 bits per heavy atom.